The Labute approximate surface area is 131 Å². The summed E-state index contributed by atoms with van der Waals surface area (Å²) in [7, 11) is 0. The lowest BCUT2D eigenvalue weighted by molar-refractivity contribution is -0.128. The first kappa shape index (κ1) is 16.5. The van der Waals surface area contributed by atoms with E-state index in [2.05, 4.69) is 10.5 Å². The van der Waals surface area contributed by atoms with Gasteiger partial charge in [0.2, 0.25) is 5.91 Å². The Morgan fingerprint density at radius 1 is 1.24 bits per heavy atom. The molecule has 1 saturated heterocycles. The van der Waals surface area contributed by atoms with E-state index in [-0.39, 0.29) is 11.7 Å². The molecule has 0 aromatic heterocycles. The van der Waals surface area contributed by atoms with Crippen LogP contribution < -0.4 is 11.1 Å². The van der Waals surface area contributed by atoms with Crippen molar-refractivity contribution >= 4 is 23.5 Å². The summed E-state index contributed by atoms with van der Waals surface area (Å²) < 4.78 is 0. The van der Waals surface area contributed by atoms with Crippen LogP contribution in [0, 0.1) is 11.3 Å². The SMILES string of the molecule is NC(=NO)C1(C(=O)NCC2CCSCC2)CCCCCC1. The maximum Gasteiger partial charge on any atom is 0.233 e. The van der Waals surface area contributed by atoms with Crippen molar-refractivity contribution in [2.24, 2.45) is 22.2 Å². The van der Waals surface area contributed by atoms with Gasteiger partial charge in [0, 0.05) is 6.54 Å². The van der Waals surface area contributed by atoms with Gasteiger partial charge >= 0.3 is 0 Å². The molecule has 6 heteroatoms. The molecule has 0 aromatic carbocycles. The van der Waals surface area contributed by atoms with Crippen LogP contribution in [0.4, 0.5) is 0 Å². The van der Waals surface area contributed by atoms with E-state index < -0.39 is 5.41 Å². The zero-order chi connectivity index (χ0) is 15.1. The maximum absolute atomic E-state index is 12.7. The van der Waals surface area contributed by atoms with Crippen molar-refractivity contribution in [3.8, 4) is 0 Å². The Kier molecular flexibility index (Phi) is 6.21. The predicted octanol–water partition coefficient (Wildman–Crippen LogP) is 2.33. The Morgan fingerprint density at radius 2 is 1.86 bits per heavy atom. The first-order valence-electron chi connectivity index (χ1n) is 8.03. The van der Waals surface area contributed by atoms with Crippen molar-refractivity contribution in [2.75, 3.05) is 18.1 Å². The van der Waals surface area contributed by atoms with E-state index in [9.17, 15) is 4.79 Å². The van der Waals surface area contributed by atoms with Crippen molar-refractivity contribution in [3.63, 3.8) is 0 Å². The zero-order valence-electron chi connectivity index (χ0n) is 12.6. The fourth-order valence-electron chi connectivity index (χ4n) is 3.38. The Balaban J connectivity index is 1.99. The van der Waals surface area contributed by atoms with Crippen LogP contribution in [-0.4, -0.2) is 35.0 Å². The van der Waals surface area contributed by atoms with Gasteiger partial charge in [0.25, 0.3) is 0 Å². The van der Waals surface area contributed by atoms with Crippen molar-refractivity contribution < 1.29 is 10.0 Å². The number of rotatable bonds is 4. The number of nitrogens with zero attached hydrogens (tertiary/aromatic N) is 1. The quantitative estimate of drug-likeness (QED) is 0.244. The predicted molar refractivity (Wildman–Crippen MR) is 86.6 cm³/mol. The van der Waals surface area contributed by atoms with E-state index in [4.69, 9.17) is 10.9 Å². The molecule has 2 fully saturated rings. The van der Waals surface area contributed by atoms with Gasteiger partial charge in [0.15, 0.2) is 5.84 Å². The number of thioether (sulfide) groups is 1. The van der Waals surface area contributed by atoms with Gasteiger partial charge in [-0.3, -0.25) is 4.79 Å². The summed E-state index contributed by atoms with van der Waals surface area (Å²) in [6.45, 7) is 0.722. The second kappa shape index (κ2) is 7.92. The number of hydrogen-bond acceptors (Lipinski definition) is 4. The van der Waals surface area contributed by atoms with E-state index in [1.165, 1.54) is 24.3 Å². The van der Waals surface area contributed by atoms with Crippen LogP contribution >= 0.6 is 11.8 Å². The van der Waals surface area contributed by atoms with E-state index in [0.717, 1.165) is 32.2 Å². The maximum atomic E-state index is 12.7. The van der Waals surface area contributed by atoms with Gasteiger partial charge in [-0.05, 0) is 43.1 Å². The fraction of sp³-hybridized carbons (Fsp3) is 0.867. The highest BCUT2D eigenvalue weighted by molar-refractivity contribution is 7.99. The molecule has 0 bridgehead atoms. The molecule has 2 rings (SSSR count). The third kappa shape index (κ3) is 4.05. The van der Waals surface area contributed by atoms with Gasteiger partial charge in [-0.15, -0.1) is 0 Å². The molecule has 5 nitrogen and oxygen atoms in total. The lowest BCUT2D eigenvalue weighted by atomic mass is 9.78. The minimum absolute atomic E-state index is 0.0436. The Bertz CT molecular complexity index is 373. The monoisotopic (exact) mass is 313 g/mol. The van der Waals surface area contributed by atoms with E-state index in [1.54, 1.807) is 0 Å². The summed E-state index contributed by atoms with van der Waals surface area (Å²) in [6.07, 6.45) is 7.88. The molecule has 1 heterocycles. The first-order chi connectivity index (χ1) is 10.2. The number of amides is 1. The van der Waals surface area contributed by atoms with Gasteiger partial charge < -0.3 is 16.3 Å². The fourth-order valence-corrected chi connectivity index (χ4v) is 4.59. The van der Waals surface area contributed by atoms with Gasteiger partial charge in [0.05, 0.1) is 0 Å². The summed E-state index contributed by atoms with van der Waals surface area (Å²) in [5, 5.41) is 15.3. The molecule has 0 spiro atoms. The van der Waals surface area contributed by atoms with Crippen molar-refractivity contribution in [1.82, 2.24) is 5.32 Å². The van der Waals surface area contributed by atoms with Crippen molar-refractivity contribution in [2.45, 2.75) is 51.4 Å². The van der Waals surface area contributed by atoms with Gasteiger partial charge in [-0.2, -0.15) is 11.8 Å². The second-order valence-electron chi connectivity index (χ2n) is 6.25. The van der Waals surface area contributed by atoms with Gasteiger partial charge in [-0.1, -0.05) is 30.8 Å². The van der Waals surface area contributed by atoms with E-state index in [1.807, 2.05) is 11.8 Å². The van der Waals surface area contributed by atoms with Gasteiger partial charge in [-0.25, -0.2) is 0 Å². The molecule has 1 aliphatic carbocycles. The number of amidine groups is 1. The molecule has 120 valence electrons. The molecule has 1 aliphatic heterocycles. The molecule has 0 aromatic rings. The Morgan fingerprint density at radius 3 is 2.43 bits per heavy atom. The van der Waals surface area contributed by atoms with Crippen LogP contribution in [-0.2, 0) is 4.79 Å². The summed E-state index contributed by atoms with van der Waals surface area (Å²) >= 11 is 1.99. The molecule has 1 saturated carbocycles. The number of oxime groups is 1. The first-order valence-corrected chi connectivity index (χ1v) is 9.18. The molecular weight excluding hydrogens is 286 g/mol. The standard InChI is InChI=1S/C15H27N3O2S/c16-13(18-20)15(7-3-1-2-4-8-15)14(19)17-11-12-5-9-21-10-6-12/h12,20H,1-11H2,(H2,16,18)(H,17,19). The number of carbonyl (C=O) groups is 1. The van der Waals surface area contributed by atoms with Crippen LogP contribution in [0.15, 0.2) is 5.16 Å². The highest BCUT2D eigenvalue weighted by atomic mass is 32.2. The number of nitrogens with two attached hydrogens (primary N) is 1. The third-order valence-corrected chi connectivity index (χ3v) is 5.93. The number of hydrogen-bond donors (Lipinski definition) is 3. The van der Waals surface area contributed by atoms with E-state index in [0.29, 0.717) is 18.8 Å². The van der Waals surface area contributed by atoms with Crippen molar-refractivity contribution in [3.05, 3.63) is 0 Å². The molecule has 0 radical (unpaired) electrons. The van der Waals surface area contributed by atoms with Crippen LogP contribution in [0.1, 0.15) is 51.4 Å². The second-order valence-corrected chi connectivity index (χ2v) is 7.47. The number of carbonyl (C=O) groups excluding carboxylic acids is 1. The summed E-state index contributed by atoms with van der Waals surface area (Å²) in [4.78, 5) is 12.7. The molecular formula is C15H27N3O2S. The average molecular weight is 313 g/mol. The van der Waals surface area contributed by atoms with Gasteiger partial charge in [0.1, 0.15) is 5.41 Å². The Hall–Kier alpha value is -0.910. The molecule has 21 heavy (non-hydrogen) atoms. The summed E-state index contributed by atoms with van der Waals surface area (Å²) in [6, 6.07) is 0. The molecule has 2 aliphatic rings. The topological polar surface area (TPSA) is 87.7 Å². The minimum Gasteiger partial charge on any atom is -0.409 e. The smallest absolute Gasteiger partial charge is 0.233 e. The molecule has 4 N–H and O–H groups in total. The minimum atomic E-state index is -0.797. The van der Waals surface area contributed by atoms with Crippen LogP contribution in [0.2, 0.25) is 0 Å². The zero-order valence-corrected chi connectivity index (χ0v) is 13.5. The lowest BCUT2D eigenvalue weighted by Gasteiger charge is -2.31. The number of nitrogens with one attached hydrogen (secondary N) is 1. The lowest BCUT2D eigenvalue weighted by Crippen LogP contribution is -2.50. The van der Waals surface area contributed by atoms with Crippen molar-refractivity contribution in [1.29, 1.82) is 0 Å². The molecule has 1 amide bonds. The highest BCUT2D eigenvalue weighted by Crippen LogP contribution is 2.36. The summed E-state index contributed by atoms with van der Waals surface area (Å²) in [5.74, 6) is 2.99. The largest absolute Gasteiger partial charge is 0.409 e. The van der Waals surface area contributed by atoms with Crippen LogP contribution in [0.25, 0.3) is 0 Å². The highest BCUT2D eigenvalue weighted by Gasteiger charge is 2.43. The third-order valence-electron chi connectivity index (χ3n) is 4.88. The van der Waals surface area contributed by atoms with E-state index >= 15 is 0 Å². The average Bonchev–Trinajstić information content (AvgIpc) is 2.79. The molecule has 0 atom stereocenters. The molecule has 0 unspecified atom stereocenters. The normalized spacial score (nSPS) is 24.3. The summed E-state index contributed by atoms with van der Waals surface area (Å²) in [5.41, 5.74) is 5.10. The van der Waals surface area contributed by atoms with Crippen LogP contribution in [0.5, 0.6) is 0 Å². The van der Waals surface area contributed by atoms with Crippen LogP contribution in [0.3, 0.4) is 0 Å².